The Bertz CT molecular complexity index is 914. The van der Waals surface area contributed by atoms with Crippen LogP contribution in [-0.4, -0.2) is 35.3 Å². The van der Waals surface area contributed by atoms with Gasteiger partial charge < -0.3 is 10.2 Å². The van der Waals surface area contributed by atoms with Gasteiger partial charge in [0.25, 0.3) is 0 Å². The summed E-state index contributed by atoms with van der Waals surface area (Å²) in [4.78, 5) is 29.2. The lowest BCUT2D eigenvalue weighted by Crippen LogP contribution is -2.33. The van der Waals surface area contributed by atoms with Gasteiger partial charge in [-0.3, -0.25) is 9.59 Å². The van der Waals surface area contributed by atoms with Crippen LogP contribution in [0, 0.1) is 17.8 Å². The quantitative estimate of drug-likeness (QED) is 0.490. The summed E-state index contributed by atoms with van der Waals surface area (Å²) in [5, 5.41) is 2.20. The summed E-state index contributed by atoms with van der Waals surface area (Å²) in [5.74, 6) is -5.74. The number of alkyl halides is 3. The van der Waals surface area contributed by atoms with Crippen molar-refractivity contribution in [2.24, 2.45) is 5.92 Å². The number of amides is 2. The summed E-state index contributed by atoms with van der Waals surface area (Å²) < 4.78 is 64.8. The molecule has 28 heavy (non-hydrogen) atoms. The van der Waals surface area contributed by atoms with E-state index < -0.39 is 53.0 Å². The number of hydrogen-bond donors (Lipinski definition) is 1. The fourth-order valence-corrected chi connectivity index (χ4v) is 3.13. The number of nitrogens with one attached hydrogen (secondary N) is 1. The first kappa shape index (κ1) is 19.7. The fraction of sp³-hybridized carbons (Fsp3) is 0.278. The highest BCUT2D eigenvalue weighted by Gasteiger charge is 2.44. The largest absolute Gasteiger partial charge is 0.416 e. The molecule has 3 rings (SSSR count). The van der Waals surface area contributed by atoms with E-state index >= 15 is 0 Å². The molecule has 0 unspecified atom stereocenters. The van der Waals surface area contributed by atoms with Crippen LogP contribution in [-0.2, 0) is 15.8 Å². The van der Waals surface area contributed by atoms with Crippen molar-refractivity contribution in [1.29, 1.82) is 0 Å². The third-order valence-electron chi connectivity index (χ3n) is 4.54. The van der Waals surface area contributed by atoms with Crippen molar-refractivity contribution in [2.45, 2.75) is 12.1 Å². The molecule has 148 valence electrons. The highest BCUT2D eigenvalue weighted by molar-refractivity contribution is 6.08. The number of nitrogens with zero attached hydrogens (tertiary/aromatic N) is 2. The van der Waals surface area contributed by atoms with Crippen LogP contribution in [0.4, 0.5) is 27.6 Å². The third kappa shape index (κ3) is 3.80. The first-order chi connectivity index (χ1) is 13.1. The summed E-state index contributed by atoms with van der Waals surface area (Å²) in [6, 6.07) is 5.97. The monoisotopic (exact) mass is 399 g/mol. The maximum atomic E-state index is 13.7. The standard InChI is InChI=1S/C18H14F5N3O2/c1-26-8-11(9-2-4-10(5-3-9)18(21,22)23)14(17(26)28)16(27)24-12-6-7-13(19)25-15(12)20/h2-7,11,14H,8H2,1H3,(H,24,27)/t11-,14+/m0/s1. The van der Waals surface area contributed by atoms with Crippen LogP contribution >= 0.6 is 0 Å². The maximum Gasteiger partial charge on any atom is 0.416 e. The van der Waals surface area contributed by atoms with Crippen molar-refractivity contribution in [3.8, 4) is 0 Å². The lowest BCUT2D eigenvalue weighted by Gasteiger charge is -2.18. The number of carbonyl (C=O) groups excluding carboxylic acids is 2. The Morgan fingerprint density at radius 1 is 1.14 bits per heavy atom. The lowest BCUT2D eigenvalue weighted by atomic mass is 9.87. The molecule has 2 heterocycles. The van der Waals surface area contributed by atoms with E-state index in [1.807, 2.05) is 0 Å². The minimum Gasteiger partial charge on any atom is -0.344 e. The predicted molar refractivity (Wildman–Crippen MR) is 88.1 cm³/mol. The van der Waals surface area contributed by atoms with Gasteiger partial charge in [-0.25, -0.2) is 0 Å². The summed E-state index contributed by atoms with van der Waals surface area (Å²) in [5.41, 5.74) is -0.891. The van der Waals surface area contributed by atoms with Crippen LogP contribution in [0.15, 0.2) is 36.4 Å². The number of anilines is 1. The fourth-order valence-electron chi connectivity index (χ4n) is 3.13. The predicted octanol–water partition coefficient (Wildman–Crippen LogP) is 3.19. The van der Waals surface area contributed by atoms with E-state index in [2.05, 4.69) is 10.3 Å². The number of likely N-dealkylation sites (tertiary alicyclic amines) is 1. The van der Waals surface area contributed by atoms with Crippen LogP contribution in [0.2, 0.25) is 0 Å². The number of pyridine rings is 1. The molecule has 1 aliphatic rings. The lowest BCUT2D eigenvalue weighted by molar-refractivity contribution is -0.138. The van der Waals surface area contributed by atoms with Crippen molar-refractivity contribution in [3.05, 3.63) is 59.4 Å². The van der Waals surface area contributed by atoms with E-state index in [1.54, 1.807) is 0 Å². The molecule has 1 saturated heterocycles. The van der Waals surface area contributed by atoms with Crippen molar-refractivity contribution >= 4 is 17.5 Å². The summed E-state index contributed by atoms with van der Waals surface area (Å²) in [6.45, 7) is 0.104. The van der Waals surface area contributed by atoms with E-state index in [1.165, 1.54) is 24.1 Å². The third-order valence-corrected chi connectivity index (χ3v) is 4.54. The van der Waals surface area contributed by atoms with Gasteiger partial charge in [-0.1, -0.05) is 12.1 Å². The molecule has 1 fully saturated rings. The average Bonchev–Trinajstić information content (AvgIpc) is 2.92. The highest BCUT2D eigenvalue weighted by Crippen LogP contribution is 2.36. The second-order valence-corrected chi connectivity index (χ2v) is 6.38. The molecule has 2 aromatic rings. The molecule has 0 saturated carbocycles. The molecular weight excluding hydrogens is 385 g/mol. The molecule has 2 atom stereocenters. The van der Waals surface area contributed by atoms with Crippen molar-refractivity contribution in [2.75, 3.05) is 18.9 Å². The molecule has 2 amide bonds. The van der Waals surface area contributed by atoms with Crippen LogP contribution < -0.4 is 5.32 Å². The minimum atomic E-state index is -4.51. The molecule has 0 bridgehead atoms. The minimum absolute atomic E-state index is 0.104. The summed E-state index contributed by atoms with van der Waals surface area (Å²) >= 11 is 0. The Morgan fingerprint density at radius 2 is 1.79 bits per heavy atom. The van der Waals surface area contributed by atoms with E-state index in [0.717, 1.165) is 24.3 Å². The first-order valence-corrected chi connectivity index (χ1v) is 8.13. The number of halogens is 5. The van der Waals surface area contributed by atoms with Crippen molar-refractivity contribution in [1.82, 2.24) is 9.88 Å². The Hall–Kier alpha value is -3.04. The van der Waals surface area contributed by atoms with Gasteiger partial charge in [-0.2, -0.15) is 26.9 Å². The molecule has 1 aromatic heterocycles. The average molecular weight is 399 g/mol. The summed E-state index contributed by atoms with van der Waals surface area (Å²) in [6.07, 6.45) is -4.51. The van der Waals surface area contributed by atoms with E-state index in [9.17, 15) is 31.5 Å². The molecule has 10 heteroatoms. The van der Waals surface area contributed by atoms with E-state index in [-0.39, 0.29) is 6.54 Å². The number of carbonyl (C=O) groups is 2. The molecule has 0 spiro atoms. The maximum absolute atomic E-state index is 13.7. The van der Waals surface area contributed by atoms with Gasteiger partial charge in [0.05, 0.1) is 11.3 Å². The number of likely N-dealkylation sites (N-methyl/N-ethyl adjacent to an activating group) is 1. The second-order valence-electron chi connectivity index (χ2n) is 6.38. The van der Waals surface area contributed by atoms with Crippen molar-refractivity contribution in [3.63, 3.8) is 0 Å². The molecular formula is C18H14F5N3O2. The Balaban J connectivity index is 1.87. The van der Waals surface area contributed by atoms with Crippen LogP contribution in [0.25, 0.3) is 0 Å². The van der Waals surface area contributed by atoms with Gasteiger partial charge in [0.2, 0.25) is 23.7 Å². The van der Waals surface area contributed by atoms with Crippen LogP contribution in [0.3, 0.4) is 0 Å². The molecule has 1 aromatic carbocycles. The Morgan fingerprint density at radius 3 is 2.36 bits per heavy atom. The van der Waals surface area contributed by atoms with Crippen LogP contribution in [0.1, 0.15) is 17.0 Å². The number of benzene rings is 1. The van der Waals surface area contributed by atoms with Crippen molar-refractivity contribution < 1.29 is 31.5 Å². The Labute approximate surface area is 156 Å². The number of hydrogen-bond acceptors (Lipinski definition) is 3. The number of aromatic nitrogens is 1. The van der Waals surface area contributed by atoms with E-state index in [0.29, 0.717) is 5.56 Å². The summed E-state index contributed by atoms with van der Waals surface area (Å²) in [7, 11) is 1.45. The van der Waals surface area contributed by atoms with Gasteiger partial charge in [0, 0.05) is 19.5 Å². The topological polar surface area (TPSA) is 62.3 Å². The zero-order valence-corrected chi connectivity index (χ0v) is 14.4. The zero-order valence-electron chi connectivity index (χ0n) is 14.4. The van der Waals surface area contributed by atoms with Gasteiger partial charge >= 0.3 is 6.18 Å². The van der Waals surface area contributed by atoms with E-state index in [4.69, 9.17) is 0 Å². The first-order valence-electron chi connectivity index (χ1n) is 8.13. The van der Waals surface area contributed by atoms with Gasteiger partial charge in [0.1, 0.15) is 5.92 Å². The van der Waals surface area contributed by atoms with Gasteiger partial charge in [-0.05, 0) is 29.8 Å². The SMILES string of the molecule is CN1C[C@@H](c2ccc(C(F)(F)F)cc2)[C@H](C(=O)Nc2ccc(F)nc2F)C1=O. The van der Waals surface area contributed by atoms with Gasteiger partial charge in [0.15, 0.2) is 0 Å². The smallest absolute Gasteiger partial charge is 0.344 e. The number of rotatable bonds is 3. The molecule has 0 radical (unpaired) electrons. The molecule has 1 N–H and O–H groups in total. The molecule has 1 aliphatic heterocycles. The second kappa shape index (κ2) is 7.17. The normalized spacial score (nSPS) is 19.8. The Kier molecular flexibility index (Phi) is 5.05. The highest BCUT2D eigenvalue weighted by atomic mass is 19.4. The van der Waals surface area contributed by atoms with Gasteiger partial charge in [-0.15, -0.1) is 0 Å². The zero-order chi connectivity index (χ0) is 20.6. The van der Waals surface area contributed by atoms with Crippen LogP contribution in [0.5, 0.6) is 0 Å². The molecule has 0 aliphatic carbocycles. The molecule has 5 nitrogen and oxygen atoms in total.